The molecule has 0 aromatic rings. The zero-order valence-corrected chi connectivity index (χ0v) is 24.7. The molecule has 0 radical (unpaired) electrons. The van der Waals surface area contributed by atoms with Gasteiger partial charge in [0, 0.05) is 6.54 Å². The van der Waals surface area contributed by atoms with Gasteiger partial charge in [-0.1, -0.05) is 48.0 Å². The first-order valence-corrected chi connectivity index (χ1v) is 13.5. The molecule has 0 spiro atoms. The number of carbonyl (C=O) groups excluding carboxylic acids is 5. The maximum atomic E-state index is 13.9. The summed E-state index contributed by atoms with van der Waals surface area (Å²) in [6.07, 6.45) is -5.11. The number of piperidine rings is 1. The van der Waals surface area contributed by atoms with Crippen molar-refractivity contribution in [3.8, 4) is 0 Å². The third kappa shape index (κ3) is 8.09. The van der Waals surface area contributed by atoms with Crippen molar-refractivity contribution >= 4 is 29.6 Å². The summed E-state index contributed by atoms with van der Waals surface area (Å²) >= 11 is 0. The van der Waals surface area contributed by atoms with Crippen LogP contribution < -0.4 is 16.0 Å². The number of Topliss-reactive ketones (excluding diaryl/α,β-unsaturated/α-hetero) is 1. The van der Waals surface area contributed by atoms with Gasteiger partial charge < -0.3 is 25.6 Å². The van der Waals surface area contributed by atoms with Crippen LogP contribution in [0, 0.1) is 22.7 Å². The first-order valence-electron chi connectivity index (χ1n) is 13.5. The maximum Gasteiger partial charge on any atom is 0.408 e. The third-order valence-corrected chi connectivity index (χ3v) is 7.42. The molecule has 5 unspecified atom stereocenters. The highest BCUT2D eigenvalue weighted by Crippen LogP contribution is 2.65. The second-order valence-corrected chi connectivity index (χ2v) is 13.3. The van der Waals surface area contributed by atoms with E-state index in [1.165, 1.54) is 4.90 Å². The predicted octanol–water partition coefficient (Wildman–Crippen LogP) is 2.94. The fourth-order valence-electron chi connectivity index (χ4n) is 5.29. The van der Waals surface area contributed by atoms with Crippen LogP contribution in [0.4, 0.5) is 18.0 Å². The Morgan fingerprint density at radius 2 is 1.57 bits per heavy atom. The average molecular weight is 577 g/mol. The molecule has 2 aliphatic rings. The minimum atomic E-state index is -4.70. The standard InChI is InChI=1S/C27H43F3N4O6/c1-10-11-15(18(35)21(37)31-13-27(28,29)30)32-20(36)17-16-14(26(16,8)9)12-34(17)22(38)19(24(2,3)4)33-23(39)40-25(5,6)7/h14-17,19H,10-13H2,1-9H3,(H,31,37)(H,32,36)(H,33,39). The molecule has 1 heterocycles. The van der Waals surface area contributed by atoms with E-state index in [9.17, 15) is 37.1 Å². The van der Waals surface area contributed by atoms with Gasteiger partial charge in [-0.3, -0.25) is 19.2 Å². The minimum Gasteiger partial charge on any atom is -0.444 e. The number of ketones is 1. The summed E-state index contributed by atoms with van der Waals surface area (Å²) in [5.41, 5.74) is -1.83. The summed E-state index contributed by atoms with van der Waals surface area (Å²) in [6, 6.07) is -3.40. The number of alkyl carbamates (subject to hydrolysis) is 1. The van der Waals surface area contributed by atoms with E-state index < -0.39 is 71.5 Å². The molecule has 1 saturated heterocycles. The molecule has 0 bridgehead atoms. The lowest BCUT2D eigenvalue weighted by Crippen LogP contribution is -2.60. The first-order chi connectivity index (χ1) is 18.0. The number of hydrogen-bond donors (Lipinski definition) is 3. The Balaban J connectivity index is 2.29. The van der Waals surface area contributed by atoms with Gasteiger partial charge in [0.2, 0.25) is 17.6 Å². The van der Waals surface area contributed by atoms with Crippen molar-refractivity contribution in [3.05, 3.63) is 0 Å². The number of hydrogen-bond acceptors (Lipinski definition) is 6. The van der Waals surface area contributed by atoms with Gasteiger partial charge >= 0.3 is 12.3 Å². The number of alkyl halides is 3. The molecule has 5 atom stereocenters. The Kier molecular flexibility index (Phi) is 9.63. The van der Waals surface area contributed by atoms with Crippen molar-refractivity contribution < 1.29 is 41.9 Å². The van der Waals surface area contributed by atoms with Gasteiger partial charge in [-0.05, 0) is 49.9 Å². The highest BCUT2D eigenvalue weighted by atomic mass is 19.4. The van der Waals surface area contributed by atoms with Crippen molar-refractivity contribution in [3.63, 3.8) is 0 Å². The van der Waals surface area contributed by atoms with Crippen LogP contribution in [0.2, 0.25) is 0 Å². The molecular formula is C27H43F3N4O6. The fourth-order valence-corrected chi connectivity index (χ4v) is 5.29. The van der Waals surface area contributed by atoms with E-state index >= 15 is 0 Å². The molecule has 13 heteroatoms. The van der Waals surface area contributed by atoms with Crippen LogP contribution in [0.5, 0.6) is 0 Å². The zero-order chi connectivity index (χ0) is 31.0. The molecule has 40 heavy (non-hydrogen) atoms. The summed E-state index contributed by atoms with van der Waals surface area (Å²) in [5, 5.41) is 6.71. The normalized spacial score (nSPS) is 23.4. The van der Waals surface area contributed by atoms with Crippen molar-refractivity contribution in [2.24, 2.45) is 22.7 Å². The van der Waals surface area contributed by atoms with Gasteiger partial charge in [0.25, 0.3) is 5.91 Å². The Labute approximate surface area is 233 Å². The van der Waals surface area contributed by atoms with Gasteiger partial charge in [0.1, 0.15) is 24.2 Å². The van der Waals surface area contributed by atoms with Gasteiger partial charge in [0.15, 0.2) is 0 Å². The zero-order valence-electron chi connectivity index (χ0n) is 24.7. The Morgan fingerprint density at radius 3 is 2.05 bits per heavy atom. The summed E-state index contributed by atoms with van der Waals surface area (Å²) in [5.74, 6) is -4.06. The topological polar surface area (TPSA) is 134 Å². The Hall–Kier alpha value is -2.86. The van der Waals surface area contributed by atoms with Crippen molar-refractivity contribution in [1.29, 1.82) is 0 Å². The number of carbonyl (C=O) groups is 5. The molecule has 1 saturated carbocycles. The molecule has 1 aliphatic heterocycles. The number of halogens is 3. The van der Waals surface area contributed by atoms with Crippen LogP contribution in [0.25, 0.3) is 0 Å². The van der Waals surface area contributed by atoms with Crippen LogP contribution in [-0.4, -0.2) is 77.5 Å². The highest BCUT2D eigenvalue weighted by molar-refractivity contribution is 6.38. The van der Waals surface area contributed by atoms with E-state index in [1.807, 2.05) is 13.8 Å². The van der Waals surface area contributed by atoms with Crippen LogP contribution in [-0.2, 0) is 23.9 Å². The monoisotopic (exact) mass is 576 g/mol. The maximum absolute atomic E-state index is 13.9. The molecule has 2 fully saturated rings. The molecule has 10 nitrogen and oxygen atoms in total. The first kappa shape index (κ1) is 33.3. The fraction of sp³-hybridized carbons (Fsp3) is 0.815. The Morgan fingerprint density at radius 1 is 1.00 bits per heavy atom. The summed E-state index contributed by atoms with van der Waals surface area (Å²) in [4.78, 5) is 66.2. The molecule has 1 aliphatic carbocycles. The van der Waals surface area contributed by atoms with Gasteiger partial charge in [-0.2, -0.15) is 13.2 Å². The van der Waals surface area contributed by atoms with Crippen LogP contribution in [0.3, 0.4) is 0 Å². The highest BCUT2D eigenvalue weighted by Gasteiger charge is 2.70. The van der Waals surface area contributed by atoms with E-state index in [1.54, 1.807) is 53.8 Å². The van der Waals surface area contributed by atoms with Crippen LogP contribution in [0.15, 0.2) is 0 Å². The summed E-state index contributed by atoms with van der Waals surface area (Å²) in [7, 11) is 0. The number of ether oxygens (including phenoxy) is 1. The van der Waals surface area contributed by atoms with E-state index in [0.717, 1.165) is 0 Å². The number of likely N-dealkylation sites (tertiary alicyclic amines) is 1. The Bertz CT molecular complexity index is 1020. The quantitative estimate of drug-likeness (QED) is 0.362. The van der Waals surface area contributed by atoms with E-state index in [-0.39, 0.29) is 30.2 Å². The largest absolute Gasteiger partial charge is 0.444 e. The van der Waals surface area contributed by atoms with Gasteiger partial charge in [0.05, 0.1) is 6.04 Å². The predicted molar refractivity (Wildman–Crippen MR) is 140 cm³/mol. The van der Waals surface area contributed by atoms with Crippen molar-refractivity contribution in [2.75, 3.05) is 13.1 Å². The second-order valence-electron chi connectivity index (χ2n) is 13.3. The molecular weight excluding hydrogens is 533 g/mol. The number of amides is 4. The molecule has 0 aromatic heterocycles. The second kappa shape index (κ2) is 11.6. The SMILES string of the molecule is CCCC(NC(=O)C1C2C(CN1C(=O)C(NC(=O)OC(C)(C)C)C(C)(C)C)C2(C)C)C(=O)C(=O)NCC(F)(F)F. The third-order valence-electron chi connectivity index (χ3n) is 7.42. The number of nitrogens with one attached hydrogen (secondary N) is 3. The molecule has 2 rings (SSSR count). The summed E-state index contributed by atoms with van der Waals surface area (Å²) < 4.78 is 42.9. The number of rotatable bonds is 9. The van der Waals surface area contributed by atoms with Crippen molar-refractivity contribution in [1.82, 2.24) is 20.9 Å². The molecule has 4 amide bonds. The average Bonchev–Trinajstić information content (AvgIpc) is 3.12. The van der Waals surface area contributed by atoms with Gasteiger partial charge in [-0.15, -0.1) is 0 Å². The molecule has 0 aromatic carbocycles. The van der Waals surface area contributed by atoms with Crippen LogP contribution in [0.1, 0.15) is 75.2 Å². The number of nitrogens with zero attached hydrogens (tertiary/aromatic N) is 1. The number of fused-ring (bicyclic) bond motifs is 1. The lowest BCUT2D eigenvalue weighted by Gasteiger charge is -2.38. The molecule has 3 N–H and O–H groups in total. The minimum absolute atomic E-state index is 0.00949. The lowest BCUT2D eigenvalue weighted by molar-refractivity contribution is -0.148. The molecule has 228 valence electrons. The van der Waals surface area contributed by atoms with Crippen molar-refractivity contribution in [2.45, 2.75) is 105 Å². The van der Waals surface area contributed by atoms with Crippen LogP contribution >= 0.6 is 0 Å². The smallest absolute Gasteiger partial charge is 0.408 e. The van der Waals surface area contributed by atoms with E-state index in [2.05, 4.69) is 10.6 Å². The summed E-state index contributed by atoms with van der Waals surface area (Å²) in [6.45, 7) is 14.5. The van der Waals surface area contributed by atoms with E-state index in [0.29, 0.717) is 6.42 Å². The van der Waals surface area contributed by atoms with Gasteiger partial charge in [-0.25, -0.2) is 4.79 Å². The van der Waals surface area contributed by atoms with E-state index in [4.69, 9.17) is 4.74 Å². The lowest BCUT2D eigenvalue weighted by atomic mass is 9.85.